The van der Waals surface area contributed by atoms with Crippen molar-refractivity contribution in [2.24, 2.45) is 0 Å². The van der Waals surface area contributed by atoms with Gasteiger partial charge < -0.3 is 9.64 Å². The van der Waals surface area contributed by atoms with Crippen molar-refractivity contribution in [1.82, 2.24) is 10.2 Å². The first-order valence-corrected chi connectivity index (χ1v) is 9.42. The summed E-state index contributed by atoms with van der Waals surface area (Å²) in [6.07, 6.45) is 0. The summed E-state index contributed by atoms with van der Waals surface area (Å²) in [5.41, 5.74) is 1.64. The number of carbonyl (C=O) groups is 1. The number of carbonyl (C=O) groups excluding carboxylic acids is 1. The van der Waals surface area contributed by atoms with Gasteiger partial charge in [0.05, 0.1) is 7.11 Å². The lowest BCUT2D eigenvalue weighted by Crippen LogP contribution is -2.11. The molecular formula is C18H18N4O2S2. The van der Waals surface area contributed by atoms with Gasteiger partial charge in [0.2, 0.25) is 5.13 Å². The highest BCUT2D eigenvalue weighted by molar-refractivity contribution is 8.01. The van der Waals surface area contributed by atoms with E-state index in [0.29, 0.717) is 16.4 Å². The molecule has 8 heteroatoms. The minimum atomic E-state index is -0.244. The van der Waals surface area contributed by atoms with Crippen molar-refractivity contribution in [3.63, 3.8) is 0 Å². The molecule has 1 N–H and O–H groups in total. The largest absolute Gasteiger partial charge is 0.497 e. The molecule has 0 radical (unpaired) electrons. The molecule has 0 unspecified atom stereocenters. The van der Waals surface area contributed by atoms with Gasteiger partial charge >= 0.3 is 0 Å². The maximum Gasteiger partial charge on any atom is 0.257 e. The zero-order valence-corrected chi connectivity index (χ0v) is 16.2. The molecule has 1 aromatic heterocycles. The number of methoxy groups -OCH3 is 1. The first kappa shape index (κ1) is 18.2. The lowest BCUT2D eigenvalue weighted by molar-refractivity contribution is 0.102. The second-order valence-corrected chi connectivity index (χ2v) is 7.85. The molecule has 134 valence electrons. The van der Waals surface area contributed by atoms with Crippen molar-refractivity contribution >= 4 is 39.8 Å². The molecule has 1 amide bonds. The fourth-order valence-corrected chi connectivity index (χ4v) is 3.87. The predicted molar refractivity (Wildman–Crippen MR) is 106 cm³/mol. The zero-order chi connectivity index (χ0) is 18.5. The van der Waals surface area contributed by atoms with E-state index in [-0.39, 0.29) is 5.91 Å². The Morgan fingerprint density at radius 2 is 1.92 bits per heavy atom. The van der Waals surface area contributed by atoms with Gasteiger partial charge in [-0.05, 0) is 42.5 Å². The van der Waals surface area contributed by atoms with Crippen LogP contribution in [0.1, 0.15) is 10.4 Å². The third-order valence-electron chi connectivity index (χ3n) is 3.52. The van der Waals surface area contributed by atoms with Gasteiger partial charge in [0.15, 0.2) is 4.34 Å². The van der Waals surface area contributed by atoms with E-state index in [1.807, 2.05) is 31.1 Å². The fourth-order valence-electron chi connectivity index (χ4n) is 2.15. The smallest absolute Gasteiger partial charge is 0.257 e. The third kappa shape index (κ3) is 4.53. The van der Waals surface area contributed by atoms with Crippen molar-refractivity contribution in [1.29, 1.82) is 0 Å². The maximum atomic E-state index is 12.3. The lowest BCUT2D eigenvalue weighted by Gasteiger charge is -2.11. The van der Waals surface area contributed by atoms with Crippen LogP contribution in [0.4, 0.5) is 10.8 Å². The minimum absolute atomic E-state index is 0.244. The molecule has 0 bridgehead atoms. The Balaban J connectivity index is 1.64. The Kier molecular flexibility index (Phi) is 5.75. The molecule has 0 spiro atoms. The Bertz CT molecular complexity index is 894. The predicted octanol–water partition coefficient (Wildman–Crippen LogP) is 4.02. The summed E-state index contributed by atoms with van der Waals surface area (Å²) in [7, 11) is 5.57. The van der Waals surface area contributed by atoms with Crippen molar-refractivity contribution in [3.8, 4) is 5.75 Å². The van der Waals surface area contributed by atoms with Gasteiger partial charge in [-0.25, -0.2) is 0 Å². The van der Waals surface area contributed by atoms with E-state index < -0.39 is 0 Å². The van der Waals surface area contributed by atoms with Gasteiger partial charge in [0.25, 0.3) is 5.91 Å². The van der Waals surface area contributed by atoms with Crippen LogP contribution in [0.15, 0.2) is 57.8 Å². The number of hydrogen-bond donors (Lipinski definition) is 1. The molecule has 0 aliphatic heterocycles. The monoisotopic (exact) mass is 386 g/mol. The molecule has 2 aromatic carbocycles. The molecule has 0 aliphatic rings. The number of benzene rings is 2. The number of anilines is 2. The van der Waals surface area contributed by atoms with Crippen molar-refractivity contribution in [2.45, 2.75) is 9.24 Å². The molecule has 0 aliphatic carbocycles. The molecule has 26 heavy (non-hydrogen) atoms. The standard InChI is InChI=1S/C18H18N4O2S2/c1-22(2)13-7-9-15(10-8-13)25-18-21-20-17(26-18)19-16(23)12-5-4-6-14(11-12)24-3/h4-11H,1-3H3,(H,19,20,23). The molecule has 1 heterocycles. The lowest BCUT2D eigenvalue weighted by atomic mass is 10.2. The second kappa shape index (κ2) is 8.20. The molecule has 0 fully saturated rings. The van der Waals surface area contributed by atoms with E-state index in [1.54, 1.807) is 31.4 Å². The zero-order valence-electron chi connectivity index (χ0n) is 14.6. The molecular weight excluding hydrogens is 368 g/mol. The number of aromatic nitrogens is 2. The summed E-state index contributed by atoms with van der Waals surface area (Å²) in [6, 6.07) is 15.1. The topological polar surface area (TPSA) is 67.3 Å². The van der Waals surface area contributed by atoms with E-state index in [1.165, 1.54) is 23.1 Å². The first-order valence-electron chi connectivity index (χ1n) is 7.79. The van der Waals surface area contributed by atoms with Gasteiger partial charge in [-0.3, -0.25) is 10.1 Å². The van der Waals surface area contributed by atoms with Crippen LogP contribution in [0.2, 0.25) is 0 Å². The summed E-state index contributed by atoms with van der Waals surface area (Å²) in [6.45, 7) is 0. The van der Waals surface area contributed by atoms with Crippen LogP contribution < -0.4 is 15.0 Å². The van der Waals surface area contributed by atoms with Crippen LogP contribution in [0.5, 0.6) is 5.75 Å². The Labute approximate surface area is 160 Å². The molecule has 0 saturated heterocycles. The summed E-state index contributed by atoms with van der Waals surface area (Å²) >= 11 is 2.85. The first-order chi connectivity index (χ1) is 12.5. The quantitative estimate of drug-likeness (QED) is 0.646. The average molecular weight is 387 g/mol. The van der Waals surface area contributed by atoms with E-state index in [4.69, 9.17) is 4.74 Å². The van der Waals surface area contributed by atoms with Crippen LogP contribution in [-0.4, -0.2) is 37.3 Å². The van der Waals surface area contributed by atoms with E-state index in [0.717, 1.165) is 14.9 Å². The molecule has 3 rings (SSSR count). The van der Waals surface area contributed by atoms with Crippen LogP contribution in [-0.2, 0) is 0 Å². The highest BCUT2D eigenvalue weighted by Crippen LogP contribution is 2.32. The van der Waals surface area contributed by atoms with Gasteiger partial charge in [-0.2, -0.15) is 0 Å². The van der Waals surface area contributed by atoms with Crippen LogP contribution in [0.25, 0.3) is 0 Å². The Morgan fingerprint density at radius 3 is 2.62 bits per heavy atom. The van der Waals surface area contributed by atoms with Crippen LogP contribution in [0.3, 0.4) is 0 Å². The molecule has 0 atom stereocenters. The van der Waals surface area contributed by atoms with Crippen LogP contribution >= 0.6 is 23.1 Å². The van der Waals surface area contributed by atoms with Crippen molar-refractivity contribution < 1.29 is 9.53 Å². The number of rotatable bonds is 6. The third-order valence-corrected chi connectivity index (χ3v) is 5.41. The summed E-state index contributed by atoms with van der Waals surface area (Å²) in [4.78, 5) is 15.4. The van der Waals surface area contributed by atoms with Crippen LogP contribution in [0, 0.1) is 0 Å². The number of hydrogen-bond acceptors (Lipinski definition) is 7. The molecule has 6 nitrogen and oxygen atoms in total. The average Bonchev–Trinajstić information content (AvgIpc) is 3.09. The highest BCUT2D eigenvalue weighted by atomic mass is 32.2. The van der Waals surface area contributed by atoms with E-state index in [2.05, 4.69) is 27.6 Å². The number of amides is 1. The molecule has 3 aromatic rings. The SMILES string of the molecule is COc1cccc(C(=O)Nc2nnc(Sc3ccc(N(C)C)cc3)s2)c1. The normalized spacial score (nSPS) is 10.4. The van der Waals surface area contributed by atoms with E-state index in [9.17, 15) is 4.79 Å². The minimum Gasteiger partial charge on any atom is -0.497 e. The van der Waals surface area contributed by atoms with Gasteiger partial charge in [0.1, 0.15) is 5.75 Å². The van der Waals surface area contributed by atoms with Crippen molar-refractivity contribution in [3.05, 3.63) is 54.1 Å². The second-order valence-electron chi connectivity index (χ2n) is 5.55. The Morgan fingerprint density at radius 1 is 1.15 bits per heavy atom. The van der Waals surface area contributed by atoms with Gasteiger partial charge in [-0.1, -0.05) is 29.2 Å². The number of ether oxygens (including phenoxy) is 1. The maximum absolute atomic E-state index is 12.3. The highest BCUT2D eigenvalue weighted by Gasteiger charge is 2.12. The molecule has 0 saturated carbocycles. The fraction of sp³-hybridized carbons (Fsp3) is 0.167. The Hall–Kier alpha value is -2.58. The van der Waals surface area contributed by atoms with Gasteiger partial charge in [0, 0.05) is 30.2 Å². The summed E-state index contributed by atoms with van der Waals surface area (Å²) < 4.78 is 5.90. The van der Waals surface area contributed by atoms with E-state index >= 15 is 0 Å². The number of nitrogens with one attached hydrogen (secondary N) is 1. The summed E-state index contributed by atoms with van der Waals surface area (Å²) in [5, 5.41) is 11.4. The number of nitrogens with zero attached hydrogens (tertiary/aromatic N) is 3. The van der Waals surface area contributed by atoms with Gasteiger partial charge in [-0.15, -0.1) is 10.2 Å². The van der Waals surface area contributed by atoms with Crippen molar-refractivity contribution in [2.75, 3.05) is 31.4 Å². The summed E-state index contributed by atoms with van der Waals surface area (Å²) in [5.74, 6) is 0.388.